The van der Waals surface area contributed by atoms with Crippen molar-refractivity contribution in [3.05, 3.63) is 11.8 Å². The first kappa shape index (κ1) is 28.0. The fourth-order valence-electron chi connectivity index (χ4n) is 3.87. The molecule has 0 aromatic carbocycles. The largest absolute Gasteiger partial charge is 0.400 e. The summed E-state index contributed by atoms with van der Waals surface area (Å²) in [5.41, 5.74) is 2.11. The molecule has 7 nitrogen and oxygen atoms in total. The number of carbonyl (C=O) groups excluding carboxylic acids is 1. The van der Waals surface area contributed by atoms with E-state index in [1.54, 1.807) is 0 Å². The number of amides is 1. The summed E-state index contributed by atoms with van der Waals surface area (Å²) in [6, 6.07) is -1.47. The third-order valence-electron chi connectivity index (χ3n) is 5.90. The zero-order valence-electron chi connectivity index (χ0n) is 18.8. The number of nitrogens with two attached hydrogens (primary N) is 1. The lowest BCUT2D eigenvalue weighted by molar-refractivity contribution is 0.0231. The zero-order valence-corrected chi connectivity index (χ0v) is 18.8. The van der Waals surface area contributed by atoms with Crippen molar-refractivity contribution < 1.29 is 9.90 Å². The van der Waals surface area contributed by atoms with E-state index in [0.717, 1.165) is 0 Å². The summed E-state index contributed by atoms with van der Waals surface area (Å²) in [4.78, 5) is 20.3. The van der Waals surface area contributed by atoms with E-state index in [2.05, 4.69) is 20.6 Å². The second-order valence-corrected chi connectivity index (χ2v) is 9.71. The molecule has 33 heavy (non-hydrogen) atoms. The van der Waals surface area contributed by atoms with Gasteiger partial charge < -0.3 is 21.5 Å². The Kier molecular flexibility index (Phi) is 6.93. The molecule has 1 saturated carbocycles. The molecule has 0 bridgehead atoms. The van der Waals surface area contributed by atoms with Crippen molar-refractivity contribution >= 4 is 96.1 Å². The maximum atomic E-state index is 12.0. The topological polar surface area (TPSA) is 113 Å². The van der Waals surface area contributed by atoms with Crippen molar-refractivity contribution in [3.8, 4) is 0 Å². The molecule has 1 aromatic heterocycles. The lowest BCUT2D eigenvalue weighted by Gasteiger charge is -2.76. The second kappa shape index (κ2) is 8.17. The summed E-state index contributed by atoms with van der Waals surface area (Å²) in [5, 5.41) is 6.96. The second-order valence-electron chi connectivity index (χ2n) is 9.71. The van der Waals surface area contributed by atoms with E-state index in [4.69, 9.17) is 84.2 Å². The van der Waals surface area contributed by atoms with Crippen LogP contribution in [0.15, 0.2) is 6.20 Å². The van der Waals surface area contributed by atoms with Crippen LogP contribution in [0.4, 0.5) is 11.8 Å². The number of primary amides is 1. The Morgan fingerprint density at radius 3 is 2.06 bits per heavy atom. The summed E-state index contributed by atoms with van der Waals surface area (Å²) < 4.78 is 0. The van der Waals surface area contributed by atoms with Crippen LogP contribution in [0.2, 0.25) is 26.7 Å². The minimum Gasteiger partial charge on any atom is -0.400 e. The van der Waals surface area contributed by atoms with E-state index in [1.165, 1.54) is 6.20 Å². The first-order chi connectivity index (χ1) is 14.5. The van der Waals surface area contributed by atoms with Crippen LogP contribution < -0.4 is 16.4 Å². The molecule has 1 heterocycles. The predicted molar refractivity (Wildman–Crippen MR) is 138 cm³/mol. The van der Waals surface area contributed by atoms with Gasteiger partial charge in [0.1, 0.15) is 13.7 Å². The van der Waals surface area contributed by atoms with Crippen LogP contribution in [0.5, 0.6) is 0 Å². The van der Waals surface area contributed by atoms with Gasteiger partial charge in [0.15, 0.2) is 0 Å². The van der Waals surface area contributed by atoms with E-state index < -0.39 is 49.7 Å². The van der Waals surface area contributed by atoms with Crippen LogP contribution in [0, 0.1) is 0 Å². The molecule has 1 aliphatic rings. The Labute approximate surface area is 208 Å². The summed E-state index contributed by atoms with van der Waals surface area (Å²) in [5.74, 6) is -2.58. The van der Waals surface area contributed by atoms with Crippen molar-refractivity contribution in [3.63, 3.8) is 0 Å². The lowest BCUT2D eigenvalue weighted by Crippen LogP contribution is -2.71. The molecule has 0 spiro atoms. The number of aliphatic hydroxyl groups is 1. The monoisotopic (exact) mass is 421 g/mol. The van der Waals surface area contributed by atoms with Crippen LogP contribution in [0.1, 0.15) is 31.1 Å². The minimum absolute atomic E-state index is 0.117. The van der Waals surface area contributed by atoms with Crippen LogP contribution in [-0.4, -0.2) is 117 Å². The molecule has 1 aliphatic carbocycles. The van der Waals surface area contributed by atoms with Crippen LogP contribution in [-0.2, 0) is 0 Å². The highest BCUT2D eigenvalue weighted by atomic mass is 16.3. The minimum atomic E-state index is -2.74. The summed E-state index contributed by atoms with van der Waals surface area (Å²) in [6.45, 7) is 5.58. The molecule has 1 fully saturated rings. The molecule has 5 N–H and O–H groups in total. The summed E-state index contributed by atoms with van der Waals surface area (Å²) >= 11 is 0. The van der Waals surface area contributed by atoms with Crippen molar-refractivity contribution in [2.45, 2.75) is 64.5 Å². The molecule has 4 unspecified atom stereocenters. The van der Waals surface area contributed by atoms with Gasteiger partial charge in [0, 0.05) is 23.3 Å². The Morgan fingerprint density at radius 2 is 1.64 bits per heavy atom. The Bertz CT molecular complexity index is 933. The highest BCUT2D eigenvalue weighted by Gasteiger charge is 2.67. The van der Waals surface area contributed by atoms with Crippen molar-refractivity contribution in [1.82, 2.24) is 9.97 Å². The number of hydrogen-bond donors (Lipinski definition) is 4. The third-order valence-corrected chi connectivity index (χ3v) is 5.90. The first-order valence-corrected chi connectivity index (χ1v) is 9.81. The Hall–Kier alpha value is -1.24. The Balaban J connectivity index is 2.67. The molecule has 2 rings (SSSR count). The zero-order chi connectivity index (χ0) is 26.0. The number of nitrogens with zero attached hydrogens (tertiary/aromatic N) is 2. The first-order valence-electron chi connectivity index (χ1n) is 9.81. The average molecular weight is 419 g/mol. The fraction of sp³-hybridized carbons (Fsp3) is 0.688. The average Bonchev–Trinajstić information content (AvgIpc) is 2.60. The summed E-state index contributed by atoms with van der Waals surface area (Å²) in [6.07, 6.45) is 1.17. The van der Waals surface area contributed by atoms with Gasteiger partial charge in [-0.15, -0.1) is 10.3 Å². The normalized spacial score (nSPS) is 31.4. The number of hydrogen-bond acceptors (Lipinski definition) is 6. The Morgan fingerprint density at radius 1 is 1.12 bits per heavy atom. The van der Waals surface area contributed by atoms with Crippen LogP contribution >= 0.6 is 0 Å². The van der Waals surface area contributed by atoms with Gasteiger partial charge in [0.2, 0.25) is 5.95 Å². The SMILES string of the molecule is [B]C1C(Nc2nc(NC(C)(C)C)ncc2C(N)=O)C([B])([B])C([B])([B])C([B])(C([B])([B])[B])C1([B])O. The number of aromatic nitrogens is 2. The number of carbonyl (C=O) groups is 1. The van der Waals surface area contributed by atoms with E-state index in [1.807, 2.05) is 20.8 Å². The quantitative estimate of drug-likeness (QED) is 0.384. The van der Waals surface area contributed by atoms with Crippen molar-refractivity contribution in [2.24, 2.45) is 5.73 Å². The molecule has 1 aromatic rings. The highest BCUT2D eigenvalue weighted by Crippen LogP contribution is 2.76. The molecular formula is C16H17B10N5O2. The molecule has 17 heteroatoms. The van der Waals surface area contributed by atoms with E-state index >= 15 is 0 Å². The van der Waals surface area contributed by atoms with E-state index in [9.17, 15) is 9.90 Å². The standard InChI is InChI=1S/C16H17B10N5O2/c1-11(2,3)31-10-28-4-5(8(27)32)9(30-10)29-7-6(17)13(20,33)14(21,16(24,25)26)15(22,23)12(7,18)19/h4,6-7,33H,1-3H3,(H2,27,32)(H2,28,29,30,31). The van der Waals surface area contributed by atoms with Crippen LogP contribution in [0.25, 0.3) is 0 Å². The molecular weight excluding hydrogens is 402 g/mol. The van der Waals surface area contributed by atoms with Gasteiger partial charge in [-0.2, -0.15) is 4.98 Å². The highest BCUT2D eigenvalue weighted by molar-refractivity contribution is 6.68. The molecule has 0 saturated heterocycles. The van der Waals surface area contributed by atoms with Crippen LogP contribution in [0.3, 0.4) is 0 Å². The number of nitrogens with one attached hydrogen (secondary N) is 2. The summed E-state index contributed by atoms with van der Waals surface area (Å²) in [7, 11) is 60.8. The van der Waals surface area contributed by atoms with Gasteiger partial charge in [0.25, 0.3) is 5.91 Å². The smallest absolute Gasteiger partial charge is 0.254 e. The maximum absolute atomic E-state index is 12.0. The van der Waals surface area contributed by atoms with Gasteiger partial charge in [-0.1, -0.05) is 10.5 Å². The van der Waals surface area contributed by atoms with E-state index in [-0.39, 0.29) is 17.3 Å². The lowest BCUT2D eigenvalue weighted by atomic mass is 9.05. The van der Waals surface area contributed by atoms with Gasteiger partial charge in [-0.3, -0.25) is 4.79 Å². The molecule has 148 valence electrons. The van der Waals surface area contributed by atoms with Gasteiger partial charge in [0.05, 0.1) is 76.2 Å². The van der Waals surface area contributed by atoms with E-state index in [0.29, 0.717) is 0 Å². The van der Waals surface area contributed by atoms with Crippen molar-refractivity contribution in [2.75, 3.05) is 10.6 Å². The number of rotatable bonds is 5. The van der Waals surface area contributed by atoms with Gasteiger partial charge in [-0.25, -0.2) is 4.98 Å². The van der Waals surface area contributed by atoms with Gasteiger partial charge in [-0.05, 0) is 26.6 Å². The maximum Gasteiger partial charge on any atom is 0.254 e. The fourth-order valence-corrected chi connectivity index (χ4v) is 3.87. The van der Waals surface area contributed by atoms with Gasteiger partial charge >= 0.3 is 0 Å². The number of anilines is 2. The van der Waals surface area contributed by atoms with Crippen molar-refractivity contribution in [1.29, 1.82) is 0 Å². The third kappa shape index (κ3) is 4.32. The molecule has 0 aliphatic heterocycles. The molecule has 20 radical (unpaired) electrons. The predicted octanol–water partition coefficient (Wildman–Crippen LogP) is -2.79. The molecule has 4 atom stereocenters. The molecule has 1 amide bonds.